The molecule has 2 saturated heterocycles. The molecule has 0 atom stereocenters. The van der Waals surface area contributed by atoms with Gasteiger partial charge in [-0.05, 0) is 58.0 Å². The molecule has 1 spiro atoms. The number of likely N-dealkylation sites (tertiary alicyclic amines) is 2. The Morgan fingerprint density at radius 1 is 1.00 bits per heavy atom. The monoisotopic (exact) mass is 323 g/mol. The highest BCUT2D eigenvalue weighted by atomic mass is 16.4. The van der Waals surface area contributed by atoms with E-state index >= 15 is 0 Å². The second-order valence-corrected chi connectivity index (χ2v) is 7.89. The molecule has 0 aromatic rings. The van der Waals surface area contributed by atoms with Crippen molar-refractivity contribution in [2.45, 2.75) is 44.6 Å². The van der Waals surface area contributed by atoms with E-state index in [1.165, 1.54) is 4.90 Å². The van der Waals surface area contributed by atoms with Crippen molar-refractivity contribution in [2.75, 3.05) is 40.3 Å². The highest BCUT2D eigenvalue weighted by molar-refractivity contribution is 5.80. The van der Waals surface area contributed by atoms with Crippen molar-refractivity contribution in [3.8, 4) is 0 Å². The minimum atomic E-state index is -0.810. The summed E-state index contributed by atoms with van der Waals surface area (Å²) in [5.74, 6) is 0.524. The average molecular weight is 323 g/mol. The Balaban J connectivity index is 1.45. The Labute approximate surface area is 138 Å². The van der Waals surface area contributed by atoms with E-state index in [2.05, 4.69) is 23.9 Å². The van der Waals surface area contributed by atoms with E-state index in [4.69, 9.17) is 5.11 Å². The Morgan fingerprint density at radius 2 is 1.57 bits per heavy atom. The molecule has 1 N–H and O–H groups in total. The van der Waals surface area contributed by atoms with Crippen LogP contribution in [0.3, 0.4) is 0 Å². The summed E-state index contributed by atoms with van der Waals surface area (Å²) >= 11 is 0. The van der Waals surface area contributed by atoms with Crippen LogP contribution in [0.15, 0.2) is 0 Å². The Kier molecular flexibility index (Phi) is 4.54. The van der Waals surface area contributed by atoms with Crippen molar-refractivity contribution >= 4 is 12.0 Å². The summed E-state index contributed by atoms with van der Waals surface area (Å²) in [4.78, 5) is 29.5. The number of amides is 2. The van der Waals surface area contributed by atoms with Gasteiger partial charge in [-0.25, -0.2) is 4.79 Å². The van der Waals surface area contributed by atoms with Gasteiger partial charge in [-0.1, -0.05) is 0 Å². The Morgan fingerprint density at radius 3 is 2.04 bits per heavy atom. The third-order valence-corrected chi connectivity index (χ3v) is 6.31. The second-order valence-electron chi connectivity index (χ2n) is 7.89. The first kappa shape index (κ1) is 16.6. The standard InChI is InChI=1S/C17H29N3O3/c1-18(2)14-3-7-19(8-4-14)15(21)13-11-17(12-13)5-9-20(10-6-17)16(22)23/h13-14H,3-12H2,1-2H3,(H,22,23). The van der Waals surface area contributed by atoms with Gasteiger partial charge in [0.2, 0.25) is 5.91 Å². The number of rotatable bonds is 2. The van der Waals surface area contributed by atoms with Crippen LogP contribution >= 0.6 is 0 Å². The molecule has 1 aliphatic carbocycles. The van der Waals surface area contributed by atoms with Crippen LogP contribution in [-0.2, 0) is 4.79 Å². The van der Waals surface area contributed by atoms with Gasteiger partial charge in [-0.2, -0.15) is 0 Å². The van der Waals surface area contributed by atoms with Crippen LogP contribution in [-0.4, -0.2) is 78.1 Å². The van der Waals surface area contributed by atoms with E-state index in [1.54, 1.807) is 0 Å². The van der Waals surface area contributed by atoms with Crippen molar-refractivity contribution in [1.29, 1.82) is 0 Å². The van der Waals surface area contributed by atoms with Crippen molar-refractivity contribution < 1.29 is 14.7 Å². The van der Waals surface area contributed by atoms with Crippen LogP contribution in [0.1, 0.15) is 38.5 Å². The highest BCUT2D eigenvalue weighted by Crippen LogP contribution is 2.53. The van der Waals surface area contributed by atoms with Crippen molar-refractivity contribution in [3.63, 3.8) is 0 Å². The fraction of sp³-hybridized carbons (Fsp3) is 0.882. The molecule has 2 heterocycles. The van der Waals surface area contributed by atoms with Gasteiger partial charge in [0, 0.05) is 38.1 Å². The third-order valence-electron chi connectivity index (χ3n) is 6.31. The molecule has 2 aliphatic heterocycles. The molecule has 0 aromatic heterocycles. The van der Waals surface area contributed by atoms with E-state index in [1.807, 2.05) is 0 Å². The molecule has 0 radical (unpaired) electrons. The maximum Gasteiger partial charge on any atom is 0.407 e. The number of carbonyl (C=O) groups is 2. The number of nitrogens with zero attached hydrogens (tertiary/aromatic N) is 3. The maximum atomic E-state index is 12.7. The molecule has 0 unspecified atom stereocenters. The van der Waals surface area contributed by atoms with E-state index < -0.39 is 6.09 Å². The zero-order valence-electron chi connectivity index (χ0n) is 14.3. The highest BCUT2D eigenvalue weighted by Gasteiger charge is 2.49. The second kappa shape index (κ2) is 6.30. The molecule has 3 aliphatic rings. The third kappa shape index (κ3) is 3.32. The quantitative estimate of drug-likeness (QED) is 0.840. The lowest BCUT2D eigenvalue weighted by atomic mass is 9.57. The summed E-state index contributed by atoms with van der Waals surface area (Å²) < 4.78 is 0. The largest absolute Gasteiger partial charge is 0.465 e. The summed E-state index contributed by atoms with van der Waals surface area (Å²) in [5.41, 5.74) is 0.244. The first-order valence-electron chi connectivity index (χ1n) is 8.83. The van der Waals surface area contributed by atoms with Crippen LogP contribution in [0.5, 0.6) is 0 Å². The zero-order valence-corrected chi connectivity index (χ0v) is 14.3. The van der Waals surface area contributed by atoms with Crippen LogP contribution in [0.2, 0.25) is 0 Å². The Bertz CT molecular complexity index is 456. The molecule has 0 bridgehead atoms. The fourth-order valence-electron chi connectivity index (χ4n) is 4.60. The first-order chi connectivity index (χ1) is 10.9. The van der Waals surface area contributed by atoms with Gasteiger partial charge >= 0.3 is 6.09 Å². The Hall–Kier alpha value is -1.30. The molecule has 130 valence electrons. The van der Waals surface area contributed by atoms with Crippen LogP contribution in [0.4, 0.5) is 4.79 Å². The fourth-order valence-corrected chi connectivity index (χ4v) is 4.60. The summed E-state index contributed by atoms with van der Waals surface area (Å²) in [5, 5.41) is 9.03. The predicted octanol–water partition coefficient (Wildman–Crippen LogP) is 1.71. The van der Waals surface area contributed by atoms with Crippen molar-refractivity contribution in [1.82, 2.24) is 14.7 Å². The zero-order chi connectivity index (χ0) is 16.6. The summed E-state index contributed by atoms with van der Waals surface area (Å²) in [6.45, 7) is 3.03. The van der Waals surface area contributed by atoms with Crippen LogP contribution in [0, 0.1) is 11.3 Å². The summed E-state index contributed by atoms with van der Waals surface area (Å²) in [7, 11) is 4.22. The van der Waals surface area contributed by atoms with E-state index in [0.717, 1.165) is 51.6 Å². The molecule has 3 fully saturated rings. The van der Waals surface area contributed by atoms with E-state index in [9.17, 15) is 9.59 Å². The van der Waals surface area contributed by atoms with Gasteiger partial charge in [0.05, 0.1) is 0 Å². The lowest BCUT2D eigenvalue weighted by molar-refractivity contribution is -0.147. The molecule has 0 aromatic carbocycles. The van der Waals surface area contributed by atoms with Gasteiger partial charge in [0.25, 0.3) is 0 Å². The van der Waals surface area contributed by atoms with E-state index in [0.29, 0.717) is 25.0 Å². The van der Waals surface area contributed by atoms with E-state index in [-0.39, 0.29) is 11.3 Å². The molecular formula is C17H29N3O3. The van der Waals surface area contributed by atoms with Crippen molar-refractivity contribution in [3.05, 3.63) is 0 Å². The van der Waals surface area contributed by atoms with Gasteiger partial charge < -0.3 is 19.8 Å². The normalized spacial score (nSPS) is 25.7. The van der Waals surface area contributed by atoms with Gasteiger partial charge in [-0.3, -0.25) is 4.79 Å². The predicted molar refractivity (Wildman–Crippen MR) is 87.3 cm³/mol. The minimum absolute atomic E-state index is 0.183. The van der Waals surface area contributed by atoms with Gasteiger partial charge in [-0.15, -0.1) is 0 Å². The lowest BCUT2D eigenvalue weighted by Gasteiger charge is -2.52. The molecule has 1 saturated carbocycles. The smallest absolute Gasteiger partial charge is 0.407 e. The number of hydrogen-bond donors (Lipinski definition) is 1. The number of carboxylic acid groups (broad SMARTS) is 1. The van der Waals surface area contributed by atoms with Crippen LogP contribution in [0.25, 0.3) is 0 Å². The van der Waals surface area contributed by atoms with Crippen LogP contribution < -0.4 is 0 Å². The molecule has 2 amide bonds. The SMILES string of the molecule is CN(C)C1CCN(C(=O)C2CC3(CCN(C(=O)O)CC3)C2)CC1. The maximum absolute atomic E-state index is 12.7. The topological polar surface area (TPSA) is 64.1 Å². The number of piperidine rings is 2. The number of carbonyl (C=O) groups excluding carboxylic acids is 1. The first-order valence-corrected chi connectivity index (χ1v) is 8.83. The molecule has 6 nitrogen and oxygen atoms in total. The molecular weight excluding hydrogens is 294 g/mol. The lowest BCUT2D eigenvalue weighted by Crippen LogP contribution is -2.54. The number of hydrogen-bond acceptors (Lipinski definition) is 3. The molecule has 6 heteroatoms. The summed E-state index contributed by atoms with van der Waals surface area (Å²) in [6.07, 6.45) is 5.11. The van der Waals surface area contributed by atoms with Gasteiger partial charge in [0.1, 0.15) is 0 Å². The average Bonchev–Trinajstić information content (AvgIpc) is 2.52. The van der Waals surface area contributed by atoms with Crippen molar-refractivity contribution in [2.24, 2.45) is 11.3 Å². The minimum Gasteiger partial charge on any atom is -0.465 e. The summed E-state index contributed by atoms with van der Waals surface area (Å²) in [6, 6.07) is 0.604. The molecule has 3 rings (SSSR count). The van der Waals surface area contributed by atoms with Gasteiger partial charge in [0.15, 0.2) is 0 Å². The molecule has 23 heavy (non-hydrogen) atoms.